The van der Waals surface area contributed by atoms with Gasteiger partial charge in [0.2, 0.25) is 0 Å². The van der Waals surface area contributed by atoms with Crippen molar-refractivity contribution in [1.29, 1.82) is 0 Å². The molecular formula is C11H16N2O. The summed E-state index contributed by atoms with van der Waals surface area (Å²) in [6.07, 6.45) is 0.499. The molecule has 1 aliphatic heterocycles. The summed E-state index contributed by atoms with van der Waals surface area (Å²) >= 11 is 0. The molecule has 1 heterocycles. The minimum absolute atomic E-state index is 0.345. The van der Waals surface area contributed by atoms with Gasteiger partial charge in [-0.3, -0.25) is 0 Å². The summed E-state index contributed by atoms with van der Waals surface area (Å²) < 4.78 is 0. The van der Waals surface area contributed by atoms with Gasteiger partial charge in [0.05, 0.1) is 6.10 Å². The molecule has 3 heteroatoms. The Labute approximate surface area is 83.9 Å². The zero-order chi connectivity index (χ0) is 9.97. The molecule has 1 unspecified atom stereocenters. The van der Waals surface area contributed by atoms with Crippen LogP contribution in [0.5, 0.6) is 0 Å². The Balaban J connectivity index is 1.95. The Morgan fingerprint density at radius 1 is 1.36 bits per heavy atom. The van der Waals surface area contributed by atoms with Crippen molar-refractivity contribution >= 4 is 5.69 Å². The molecule has 1 atom stereocenters. The van der Waals surface area contributed by atoms with Crippen LogP contribution in [0.1, 0.15) is 18.1 Å². The third-order valence-electron chi connectivity index (χ3n) is 2.74. The predicted molar refractivity (Wildman–Crippen MR) is 56.8 cm³/mol. The molecule has 1 aromatic carbocycles. The van der Waals surface area contributed by atoms with Gasteiger partial charge in [-0.25, -0.2) is 0 Å². The molecular weight excluding hydrogens is 176 g/mol. The van der Waals surface area contributed by atoms with Gasteiger partial charge in [0.15, 0.2) is 0 Å². The minimum atomic E-state index is -0.345. The second-order valence-electron chi connectivity index (χ2n) is 3.94. The van der Waals surface area contributed by atoms with Crippen LogP contribution in [0.15, 0.2) is 24.3 Å². The second-order valence-corrected chi connectivity index (χ2v) is 3.94. The molecule has 76 valence electrons. The van der Waals surface area contributed by atoms with Crippen LogP contribution in [-0.2, 0) is 0 Å². The number of nitrogens with one attached hydrogen (secondary N) is 1. The monoisotopic (exact) mass is 192 g/mol. The van der Waals surface area contributed by atoms with E-state index in [4.69, 9.17) is 5.73 Å². The van der Waals surface area contributed by atoms with Gasteiger partial charge >= 0.3 is 0 Å². The van der Waals surface area contributed by atoms with E-state index in [1.807, 2.05) is 24.3 Å². The summed E-state index contributed by atoms with van der Waals surface area (Å²) in [5.41, 5.74) is 7.28. The highest BCUT2D eigenvalue weighted by atomic mass is 16.3. The zero-order valence-electron chi connectivity index (χ0n) is 8.11. The van der Waals surface area contributed by atoms with E-state index in [2.05, 4.69) is 5.32 Å². The molecule has 0 radical (unpaired) electrons. The number of aliphatic hydroxyl groups excluding tert-OH is 1. The molecule has 0 spiro atoms. The normalized spacial score (nSPS) is 18.9. The summed E-state index contributed by atoms with van der Waals surface area (Å²) in [6.45, 7) is 2.07. The molecule has 0 amide bonds. The van der Waals surface area contributed by atoms with Gasteiger partial charge in [-0.15, -0.1) is 0 Å². The molecule has 2 rings (SSSR count). The van der Waals surface area contributed by atoms with E-state index in [9.17, 15) is 5.11 Å². The molecule has 4 N–H and O–H groups in total. The number of nitrogens with two attached hydrogens (primary N) is 1. The molecule has 0 bridgehead atoms. The van der Waals surface area contributed by atoms with Crippen LogP contribution in [0.2, 0.25) is 0 Å². The molecule has 0 aliphatic carbocycles. The molecule has 0 aromatic heterocycles. The fourth-order valence-corrected chi connectivity index (χ4v) is 1.69. The van der Waals surface area contributed by atoms with Gasteiger partial charge in [-0.05, 0) is 43.1 Å². The van der Waals surface area contributed by atoms with Gasteiger partial charge in [-0.1, -0.05) is 12.1 Å². The minimum Gasteiger partial charge on any atom is -0.399 e. The van der Waals surface area contributed by atoms with Crippen molar-refractivity contribution in [2.24, 2.45) is 5.92 Å². The van der Waals surface area contributed by atoms with Crippen LogP contribution >= 0.6 is 0 Å². The van der Waals surface area contributed by atoms with E-state index in [1.54, 1.807) is 0 Å². The van der Waals surface area contributed by atoms with E-state index in [1.165, 1.54) is 0 Å². The summed E-state index contributed by atoms with van der Waals surface area (Å²) in [5.74, 6) is 0.627. The predicted octanol–water partition coefficient (Wildman–Crippen LogP) is 0.912. The lowest BCUT2D eigenvalue weighted by molar-refractivity contribution is 0.127. The first-order chi connectivity index (χ1) is 6.75. The standard InChI is InChI=1S/C11H16N2O/c12-10-3-1-9(2-4-10)11(14)5-8-6-13-7-8/h1-4,8,11,13-14H,5-7,12H2. The number of nitrogen functional groups attached to an aromatic ring is 1. The summed E-state index contributed by atoms with van der Waals surface area (Å²) in [6, 6.07) is 7.45. The quantitative estimate of drug-likeness (QED) is 0.624. The third-order valence-corrected chi connectivity index (χ3v) is 2.74. The van der Waals surface area contributed by atoms with Gasteiger partial charge < -0.3 is 16.2 Å². The second kappa shape index (κ2) is 3.98. The zero-order valence-corrected chi connectivity index (χ0v) is 8.11. The molecule has 1 aromatic rings. The average Bonchev–Trinajstić information content (AvgIpc) is 2.12. The van der Waals surface area contributed by atoms with Crippen LogP contribution in [0.25, 0.3) is 0 Å². The van der Waals surface area contributed by atoms with Crippen LogP contribution in [-0.4, -0.2) is 18.2 Å². The fraction of sp³-hybridized carbons (Fsp3) is 0.455. The van der Waals surface area contributed by atoms with Crippen LogP contribution in [0.3, 0.4) is 0 Å². The highest BCUT2D eigenvalue weighted by molar-refractivity contribution is 5.39. The molecule has 1 fully saturated rings. The number of rotatable bonds is 3. The third kappa shape index (κ3) is 2.05. The van der Waals surface area contributed by atoms with Crippen molar-refractivity contribution in [1.82, 2.24) is 5.32 Å². The van der Waals surface area contributed by atoms with Gasteiger partial charge in [-0.2, -0.15) is 0 Å². The first-order valence-electron chi connectivity index (χ1n) is 5.00. The topological polar surface area (TPSA) is 58.3 Å². The highest BCUT2D eigenvalue weighted by Gasteiger charge is 2.20. The maximum atomic E-state index is 9.88. The average molecular weight is 192 g/mol. The van der Waals surface area contributed by atoms with Gasteiger partial charge in [0.1, 0.15) is 0 Å². The summed E-state index contributed by atoms with van der Waals surface area (Å²) in [5, 5.41) is 13.1. The lowest BCUT2D eigenvalue weighted by Gasteiger charge is -2.29. The summed E-state index contributed by atoms with van der Waals surface area (Å²) in [7, 11) is 0. The van der Waals surface area contributed by atoms with E-state index < -0.39 is 0 Å². The van der Waals surface area contributed by atoms with E-state index in [-0.39, 0.29) is 6.10 Å². The van der Waals surface area contributed by atoms with Crippen LogP contribution < -0.4 is 11.1 Å². The van der Waals surface area contributed by atoms with E-state index in [0.717, 1.165) is 30.8 Å². The Bertz CT molecular complexity index is 293. The lowest BCUT2D eigenvalue weighted by atomic mass is 9.93. The molecule has 0 saturated carbocycles. The lowest BCUT2D eigenvalue weighted by Crippen LogP contribution is -2.42. The van der Waals surface area contributed by atoms with E-state index in [0.29, 0.717) is 5.92 Å². The summed E-state index contributed by atoms with van der Waals surface area (Å²) in [4.78, 5) is 0. The smallest absolute Gasteiger partial charge is 0.0793 e. The van der Waals surface area contributed by atoms with Crippen molar-refractivity contribution in [3.63, 3.8) is 0 Å². The first-order valence-corrected chi connectivity index (χ1v) is 5.00. The number of anilines is 1. The van der Waals surface area contributed by atoms with E-state index >= 15 is 0 Å². The van der Waals surface area contributed by atoms with Crippen molar-refractivity contribution in [2.75, 3.05) is 18.8 Å². The molecule has 1 aliphatic rings. The van der Waals surface area contributed by atoms with Crippen LogP contribution in [0.4, 0.5) is 5.69 Å². The number of hydrogen-bond acceptors (Lipinski definition) is 3. The molecule has 1 saturated heterocycles. The number of aliphatic hydroxyl groups is 1. The molecule has 14 heavy (non-hydrogen) atoms. The van der Waals surface area contributed by atoms with Gasteiger partial charge in [0.25, 0.3) is 0 Å². The SMILES string of the molecule is Nc1ccc(C(O)CC2CNC2)cc1. The van der Waals surface area contributed by atoms with Crippen molar-refractivity contribution in [3.8, 4) is 0 Å². The Morgan fingerprint density at radius 2 is 2.00 bits per heavy atom. The van der Waals surface area contributed by atoms with Crippen molar-refractivity contribution in [2.45, 2.75) is 12.5 Å². The Morgan fingerprint density at radius 3 is 2.50 bits per heavy atom. The molecule has 3 nitrogen and oxygen atoms in total. The van der Waals surface area contributed by atoms with Gasteiger partial charge in [0, 0.05) is 5.69 Å². The van der Waals surface area contributed by atoms with Crippen LogP contribution in [0, 0.1) is 5.92 Å². The maximum Gasteiger partial charge on any atom is 0.0793 e. The van der Waals surface area contributed by atoms with Crippen molar-refractivity contribution < 1.29 is 5.11 Å². The number of benzene rings is 1. The maximum absolute atomic E-state index is 9.88. The fourth-order valence-electron chi connectivity index (χ4n) is 1.69. The first kappa shape index (κ1) is 9.49. The largest absolute Gasteiger partial charge is 0.399 e. The Kier molecular flexibility index (Phi) is 2.70. The number of hydrogen-bond donors (Lipinski definition) is 3. The Hall–Kier alpha value is -1.06. The van der Waals surface area contributed by atoms with Crippen molar-refractivity contribution in [3.05, 3.63) is 29.8 Å². The highest BCUT2D eigenvalue weighted by Crippen LogP contribution is 2.23.